The van der Waals surface area contributed by atoms with E-state index in [1.807, 2.05) is 31.2 Å². The van der Waals surface area contributed by atoms with Crippen LogP contribution in [0, 0.1) is 0 Å². The zero-order valence-corrected chi connectivity index (χ0v) is 13.2. The molecule has 0 radical (unpaired) electrons. The molecule has 0 bridgehead atoms. The number of esters is 1. The summed E-state index contributed by atoms with van der Waals surface area (Å²) in [5.74, 6) is -0.0781. The second-order valence-electron chi connectivity index (χ2n) is 3.67. The molecule has 1 aromatic rings. The molecule has 0 fully saturated rings. The van der Waals surface area contributed by atoms with Gasteiger partial charge in [-0.05, 0) is 0 Å². The number of benzene rings is 1. The molecule has 1 atom stereocenters. The van der Waals surface area contributed by atoms with Crippen LogP contribution in [0.25, 0.3) is 0 Å². The molecule has 0 aliphatic carbocycles. The van der Waals surface area contributed by atoms with Gasteiger partial charge in [0.25, 0.3) is 0 Å². The minimum atomic E-state index is -1.18. The molecule has 0 aliphatic heterocycles. The molecule has 0 saturated heterocycles. The van der Waals surface area contributed by atoms with Crippen molar-refractivity contribution in [3.63, 3.8) is 0 Å². The van der Waals surface area contributed by atoms with Gasteiger partial charge in [0.05, 0.1) is 0 Å². The number of hydrogen-bond donors (Lipinski definition) is 0. The van der Waals surface area contributed by atoms with E-state index >= 15 is 0 Å². The monoisotopic (exact) mass is 346 g/mol. The minimum absolute atomic E-state index is 0.0371. The van der Waals surface area contributed by atoms with Gasteiger partial charge in [-0.3, -0.25) is 0 Å². The number of rotatable bonds is 4. The average molecular weight is 347 g/mol. The van der Waals surface area contributed by atoms with Gasteiger partial charge in [-0.15, -0.1) is 0 Å². The van der Waals surface area contributed by atoms with E-state index in [2.05, 4.69) is 27.4 Å². The summed E-state index contributed by atoms with van der Waals surface area (Å²) < 4.78 is 6.11. The summed E-state index contributed by atoms with van der Waals surface area (Å²) in [5, 5.41) is 0. The van der Waals surface area contributed by atoms with Crippen molar-refractivity contribution in [3.8, 4) is 0 Å². The Morgan fingerprint density at radius 1 is 1.50 bits per heavy atom. The maximum absolute atomic E-state index is 11.9. The predicted molar refractivity (Wildman–Crippen MR) is 71.0 cm³/mol. The molecule has 0 aromatic heterocycles. The maximum atomic E-state index is 11.9. The van der Waals surface area contributed by atoms with Crippen LogP contribution >= 0.6 is 15.9 Å². The SMILES string of the molecule is CCOC(=O)C(c1cccc(Br)c1)[As](C)C. The molecule has 1 aromatic carbocycles. The molecule has 1 unspecified atom stereocenters. The summed E-state index contributed by atoms with van der Waals surface area (Å²) in [6, 6.07) is 7.94. The Morgan fingerprint density at radius 2 is 2.19 bits per heavy atom. The second-order valence-corrected chi connectivity index (χ2v) is 9.72. The van der Waals surface area contributed by atoms with Crippen LogP contribution in [0.3, 0.4) is 0 Å². The molecule has 0 amide bonds. The van der Waals surface area contributed by atoms with Crippen LogP contribution in [0.4, 0.5) is 0 Å². The van der Waals surface area contributed by atoms with Gasteiger partial charge in [0, 0.05) is 0 Å². The Labute approximate surface area is 110 Å². The molecule has 1 rings (SSSR count). The Balaban J connectivity index is 2.98. The average Bonchev–Trinajstić information content (AvgIpc) is 2.17. The molecular formula is C12H16AsBrO2. The van der Waals surface area contributed by atoms with Crippen LogP contribution < -0.4 is 0 Å². The van der Waals surface area contributed by atoms with Crippen molar-refractivity contribution in [2.75, 3.05) is 6.61 Å². The van der Waals surface area contributed by atoms with E-state index in [-0.39, 0.29) is 10.7 Å². The van der Waals surface area contributed by atoms with Crippen LogP contribution in [0.2, 0.25) is 11.4 Å². The molecule has 4 heteroatoms. The number of halogens is 1. The molecule has 2 nitrogen and oxygen atoms in total. The van der Waals surface area contributed by atoms with Crippen LogP contribution in [-0.4, -0.2) is 27.2 Å². The molecule has 0 N–H and O–H groups in total. The molecule has 16 heavy (non-hydrogen) atoms. The molecular weight excluding hydrogens is 331 g/mol. The fourth-order valence-corrected chi connectivity index (χ4v) is 4.59. The first-order valence-corrected chi connectivity index (χ1v) is 10.8. The molecule has 0 saturated carbocycles. The Morgan fingerprint density at radius 3 is 2.69 bits per heavy atom. The van der Waals surface area contributed by atoms with Crippen LogP contribution in [0.15, 0.2) is 28.7 Å². The van der Waals surface area contributed by atoms with Gasteiger partial charge in [0.15, 0.2) is 0 Å². The third-order valence-corrected chi connectivity index (χ3v) is 5.92. The van der Waals surface area contributed by atoms with E-state index in [0.717, 1.165) is 10.0 Å². The van der Waals surface area contributed by atoms with Crippen molar-refractivity contribution in [1.29, 1.82) is 0 Å². The van der Waals surface area contributed by atoms with Gasteiger partial charge >= 0.3 is 110 Å². The fourth-order valence-electron chi connectivity index (χ4n) is 1.54. The second kappa shape index (κ2) is 6.46. The van der Waals surface area contributed by atoms with Gasteiger partial charge in [0.2, 0.25) is 0 Å². The van der Waals surface area contributed by atoms with E-state index < -0.39 is 14.7 Å². The quantitative estimate of drug-likeness (QED) is 0.617. The van der Waals surface area contributed by atoms with Crippen LogP contribution in [0.5, 0.6) is 0 Å². The van der Waals surface area contributed by atoms with Crippen molar-refractivity contribution in [3.05, 3.63) is 34.3 Å². The van der Waals surface area contributed by atoms with Crippen LogP contribution in [0.1, 0.15) is 17.2 Å². The van der Waals surface area contributed by atoms with Crippen molar-refractivity contribution in [2.24, 2.45) is 0 Å². The van der Waals surface area contributed by atoms with Gasteiger partial charge in [-0.1, -0.05) is 0 Å². The van der Waals surface area contributed by atoms with E-state index in [0.29, 0.717) is 6.61 Å². The fraction of sp³-hybridized carbons (Fsp3) is 0.417. The summed E-state index contributed by atoms with van der Waals surface area (Å²) in [5.41, 5.74) is 5.42. The van der Waals surface area contributed by atoms with E-state index in [1.165, 1.54) is 0 Å². The zero-order chi connectivity index (χ0) is 12.1. The van der Waals surface area contributed by atoms with Gasteiger partial charge < -0.3 is 0 Å². The predicted octanol–water partition coefficient (Wildman–Crippen LogP) is 3.39. The standard InChI is InChI=1S/C12H16AsBrO2/c1-4-16-12(15)11(13(2)3)9-6-5-7-10(14)8-9/h5-8,11H,4H2,1-3H3. The number of carbonyl (C=O) groups is 1. The number of carbonyl (C=O) groups excluding carboxylic acids is 1. The summed E-state index contributed by atoms with van der Waals surface area (Å²) >= 11 is 2.25. The van der Waals surface area contributed by atoms with Crippen molar-refractivity contribution < 1.29 is 9.53 Å². The summed E-state index contributed by atoms with van der Waals surface area (Å²) in [6.45, 7) is 2.30. The summed E-state index contributed by atoms with van der Waals surface area (Å²) in [7, 11) is 0. The van der Waals surface area contributed by atoms with Crippen molar-refractivity contribution in [1.82, 2.24) is 0 Å². The zero-order valence-electron chi connectivity index (χ0n) is 9.74. The first-order chi connectivity index (χ1) is 7.56. The summed E-state index contributed by atoms with van der Waals surface area (Å²) in [6.07, 6.45) is 0. The third-order valence-electron chi connectivity index (χ3n) is 2.19. The third kappa shape index (κ3) is 3.64. The Hall–Kier alpha value is -0.272. The van der Waals surface area contributed by atoms with Crippen molar-refractivity contribution in [2.45, 2.75) is 23.1 Å². The van der Waals surface area contributed by atoms with E-state index in [9.17, 15) is 4.79 Å². The molecule has 0 aliphatic rings. The van der Waals surface area contributed by atoms with E-state index in [4.69, 9.17) is 4.74 Å². The van der Waals surface area contributed by atoms with Gasteiger partial charge in [0.1, 0.15) is 0 Å². The molecule has 0 spiro atoms. The number of ether oxygens (including phenoxy) is 1. The Bertz CT molecular complexity index is 366. The topological polar surface area (TPSA) is 26.3 Å². The first-order valence-electron chi connectivity index (χ1n) is 5.14. The van der Waals surface area contributed by atoms with Crippen LogP contribution in [-0.2, 0) is 9.53 Å². The van der Waals surface area contributed by atoms with E-state index in [1.54, 1.807) is 0 Å². The molecule has 0 heterocycles. The molecule has 88 valence electrons. The number of hydrogen-bond acceptors (Lipinski definition) is 2. The summed E-state index contributed by atoms with van der Waals surface area (Å²) in [4.78, 5) is 11.9. The first kappa shape index (κ1) is 13.8. The Kier molecular flexibility index (Phi) is 5.57. The van der Waals surface area contributed by atoms with Gasteiger partial charge in [-0.25, -0.2) is 0 Å². The van der Waals surface area contributed by atoms with Crippen molar-refractivity contribution >= 4 is 36.6 Å². The normalized spacial score (nSPS) is 12.6. The van der Waals surface area contributed by atoms with Gasteiger partial charge in [-0.2, -0.15) is 0 Å².